The van der Waals surface area contributed by atoms with E-state index in [4.69, 9.17) is 0 Å². The summed E-state index contributed by atoms with van der Waals surface area (Å²) < 4.78 is 27.4. The number of nitrogens with zero attached hydrogens (tertiary/aromatic N) is 3. The summed E-state index contributed by atoms with van der Waals surface area (Å²) in [7, 11) is -3.14. The molecule has 1 atom stereocenters. The van der Waals surface area contributed by atoms with Gasteiger partial charge in [0.1, 0.15) is 0 Å². The van der Waals surface area contributed by atoms with E-state index in [0.717, 1.165) is 38.2 Å². The van der Waals surface area contributed by atoms with E-state index in [2.05, 4.69) is 38.9 Å². The van der Waals surface area contributed by atoms with E-state index in [1.54, 1.807) is 12.5 Å². The van der Waals surface area contributed by atoms with E-state index in [0.29, 0.717) is 0 Å². The summed E-state index contributed by atoms with van der Waals surface area (Å²) in [5, 5.41) is 0. The number of benzene rings is 1. The third-order valence-corrected chi connectivity index (χ3v) is 4.79. The molecule has 1 fully saturated rings. The molecule has 0 radical (unpaired) electrons. The summed E-state index contributed by atoms with van der Waals surface area (Å²) in [5.74, 6) is 0. The Bertz CT molecular complexity index is 726. The number of nitrogens with one attached hydrogen (secondary N) is 1. The molecule has 6 nitrogen and oxygen atoms in total. The highest BCUT2D eigenvalue weighted by atomic mass is 32.2. The fraction of sp³-hybridized carbons (Fsp3) is 0.438. The van der Waals surface area contributed by atoms with Crippen molar-refractivity contribution in [2.24, 2.45) is 0 Å². The van der Waals surface area contributed by atoms with E-state index in [1.165, 1.54) is 11.8 Å². The fourth-order valence-electron chi connectivity index (χ4n) is 3.04. The summed E-state index contributed by atoms with van der Waals surface area (Å²) in [4.78, 5) is 6.35. The molecule has 3 rings (SSSR count). The first kappa shape index (κ1) is 16.2. The van der Waals surface area contributed by atoms with Crippen LogP contribution in [-0.2, 0) is 16.6 Å². The lowest BCUT2D eigenvalue weighted by molar-refractivity contribution is 0.194. The Labute approximate surface area is 137 Å². The number of imidazole rings is 1. The summed E-state index contributed by atoms with van der Waals surface area (Å²) in [6.45, 7) is 2.60. The first-order valence-corrected chi connectivity index (χ1v) is 9.66. The molecular formula is C16H22N4O2S. The number of piperidine rings is 1. The number of rotatable bonds is 5. The van der Waals surface area contributed by atoms with Crippen molar-refractivity contribution < 1.29 is 8.42 Å². The quantitative estimate of drug-likeness (QED) is 0.897. The van der Waals surface area contributed by atoms with Crippen LogP contribution in [0.5, 0.6) is 0 Å². The molecule has 0 spiro atoms. The van der Waals surface area contributed by atoms with Crippen LogP contribution in [0.15, 0.2) is 43.0 Å². The van der Waals surface area contributed by atoms with Gasteiger partial charge >= 0.3 is 0 Å². The number of aromatic nitrogens is 2. The van der Waals surface area contributed by atoms with Gasteiger partial charge in [-0.3, -0.25) is 4.90 Å². The summed E-state index contributed by atoms with van der Waals surface area (Å²) in [5.41, 5.74) is 2.32. The van der Waals surface area contributed by atoms with Crippen molar-refractivity contribution in [1.82, 2.24) is 19.2 Å². The van der Waals surface area contributed by atoms with Gasteiger partial charge in [0.25, 0.3) is 0 Å². The predicted molar refractivity (Wildman–Crippen MR) is 89.8 cm³/mol. The van der Waals surface area contributed by atoms with Gasteiger partial charge in [0.2, 0.25) is 10.0 Å². The molecule has 1 aliphatic rings. The maximum absolute atomic E-state index is 11.4. The molecule has 1 aromatic carbocycles. The van der Waals surface area contributed by atoms with Crippen molar-refractivity contribution in [2.75, 3.05) is 19.3 Å². The third kappa shape index (κ3) is 4.63. The van der Waals surface area contributed by atoms with Crippen LogP contribution in [0.2, 0.25) is 0 Å². The molecule has 0 bridgehead atoms. The topological polar surface area (TPSA) is 67.2 Å². The first-order valence-electron chi connectivity index (χ1n) is 7.76. The van der Waals surface area contributed by atoms with Crippen molar-refractivity contribution in [1.29, 1.82) is 0 Å². The minimum atomic E-state index is -3.14. The van der Waals surface area contributed by atoms with E-state index in [9.17, 15) is 8.42 Å². The lowest BCUT2D eigenvalue weighted by Gasteiger charge is -2.32. The average molecular weight is 334 g/mol. The highest BCUT2D eigenvalue weighted by molar-refractivity contribution is 7.88. The second-order valence-corrected chi connectivity index (χ2v) is 7.88. The highest BCUT2D eigenvalue weighted by Gasteiger charge is 2.22. The van der Waals surface area contributed by atoms with Gasteiger partial charge < -0.3 is 4.57 Å². The van der Waals surface area contributed by atoms with E-state index >= 15 is 0 Å². The Morgan fingerprint density at radius 3 is 2.74 bits per heavy atom. The molecule has 1 N–H and O–H groups in total. The molecule has 0 saturated carbocycles. The molecule has 0 unspecified atom stereocenters. The molecular weight excluding hydrogens is 312 g/mol. The minimum Gasteiger partial charge on any atom is -0.306 e. The van der Waals surface area contributed by atoms with Crippen molar-refractivity contribution in [3.8, 4) is 5.69 Å². The molecule has 23 heavy (non-hydrogen) atoms. The van der Waals surface area contributed by atoms with Crippen molar-refractivity contribution in [3.63, 3.8) is 0 Å². The molecule has 0 aliphatic carbocycles. The van der Waals surface area contributed by atoms with Gasteiger partial charge in [0.05, 0.1) is 12.6 Å². The van der Waals surface area contributed by atoms with Crippen molar-refractivity contribution in [2.45, 2.75) is 25.4 Å². The average Bonchev–Trinajstić information content (AvgIpc) is 3.01. The zero-order valence-electron chi connectivity index (χ0n) is 13.2. The van der Waals surface area contributed by atoms with Crippen molar-refractivity contribution >= 4 is 10.0 Å². The second kappa shape index (κ2) is 6.82. The maximum Gasteiger partial charge on any atom is 0.208 e. The normalized spacial score (nSPS) is 19.8. The van der Waals surface area contributed by atoms with Gasteiger partial charge in [-0.2, -0.15) is 0 Å². The first-order chi connectivity index (χ1) is 11.0. The van der Waals surface area contributed by atoms with Gasteiger partial charge in [0, 0.05) is 37.2 Å². The number of hydrogen-bond acceptors (Lipinski definition) is 4. The van der Waals surface area contributed by atoms with Gasteiger partial charge in [-0.1, -0.05) is 12.1 Å². The molecule has 124 valence electrons. The Balaban J connectivity index is 1.60. The second-order valence-electron chi connectivity index (χ2n) is 6.10. The number of hydrogen-bond donors (Lipinski definition) is 1. The van der Waals surface area contributed by atoms with Crippen LogP contribution in [0.3, 0.4) is 0 Å². The number of likely N-dealkylation sites (tertiary alicyclic amines) is 1. The molecule has 2 aromatic rings. The zero-order chi connectivity index (χ0) is 16.3. The Kier molecular flexibility index (Phi) is 4.79. The largest absolute Gasteiger partial charge is 0.306 e. The van der Waals surface area contributed by atoms with E-state index in [1.807, 2.05) is 10.8 Å². The SMILES string of the molecule is CS(=O)(=O)N[C@H]1CCCN(Cc2ccc(-n3ccnc3)cc2)C1. The van der Waals surface area contributed by atoms with Crippen LogP contribution in [0.4, 0.5) is 0 Å². The molecule has 1 saturated heterocycles. The standard InChI is InChI=1S/C16H22N4O2S/c1-23(21,22)18-15-3-2-9-19(12-15)11-14-4-6-16(7-5-14)20-10-8-17-13-20/h4-8,10,13,15,18H,2-3,9,11-12H2,1H3/t15-/m0/s1. The molecule has 2 heterocycles. The van der Waals surface area contributed by atoms with Crippen molar-refractivity contribution in [3.05, 3.63) is 48.5 Å². The monoisotopic (exact) mass is 334 g/mol. The Hall–Kier alpha value is -1.70. The Morgan fingerprint density at radius 1 is 1.30 bits per heavy atom. The van der Waals surface area contributed by atoms with Crippen LogP contribution in [0.1, 0.15) is 18.4 Å². The number of sulfonamides is 1. The lowest BCUT2D eigenvalue weighted by Crippen LogP contribution is -2.46. The Morgan fingerprint density at radius 2 is 2.09 bits per heavy atom. The van der Waals surface area contributed by atoms with Crippen LogP contribution in [0, 0.1) is 0 Å². The van der Waals surface area contributed by atoms with Crippen LogP contribution in [0.25, 0.3) is 5.69 Å². The van der Waals surface area contributed by atoms with E-state index in [-0.39, 0.29) is 6.04 Å². The molecule has 7 heteroatoms. The van der Waals surface area contributed by atoms with Crippen LogP contribution < -0.4 is 4.72 Å². The third-order valence-electron chi connectivity index (χ3n) is 4.03. The highest BCUT2D eigenvalue weighted by Crippen LogP contribution is 2.16. The van der Waals surface area contributed by atoms with Gasteiger partial charge in [-0.15, -0.1) is 0 Å². The molecule has 0 amide bonds. The smallest absolute Gasteiger partial charge is 0.208 e. The van der Waals surface area contributed by atoms with Gasteiger partial charge in [0.15, 0.2) is 0 Å². The fourth-order valence-corrected chi connectivity index (χ4v) is 3.84. The molecule has 1 aromatic heterocycles. The van der Waals surface area contributed by atoms with Crippen LogP contribution in [-0.4, -0.2) is 48.3 Å². The lowest BCUT2D eigenvalue weighted by atomic mass is 10.1. The van der Waals surface area contributed by atoms with Gasteiger partial charge in [-0.25, -0.2) is 18.1 Å². The predicted octanol–water partition coefficient (Wildman–Crippen LogP) is 1.39. The molecule has 1 aliphatic heterocycles. The minimum absolute atomic E-state index is 0.0176. The summed E-state index contributed by atoms with van der Waals surface area (Å²) in [6.07, 6.45) is 8.60. The summed E-state index contributed by atoms with van der Waals surface area (Å²) >= 11 is 0. The zero-order valence-corrected chi connectivity index (χ0v) is 14.0. The summed E-state index contributed by atoms with van der Waals surface area (Å²) in [6, 6.07) is 8.40. The van der Waals surface area contributed by atoms with E-state index < -0.39 is 10.0 Å². The van der Waals surface area contributed by atoms with Gasteiger partial charge in [-0.05, 0) is 37.1 Å². The van der Waals surface area contributed by atoms with Crippen LogP contribution >= 0.6 is 0 Å². The maximum atomic E-state index is 11.4.